The van der Waals surface area contributed by atoms with Crippen LogP contribution in [0.1, 0.15) is 5.56 Å². The number of hydrogen-bond donors (Lipinski definition) is 1. The van der Waals surface area contributed by atoms with Crippen molar-refractivity contribution in [2.75, 3.05) is 5.75 Å². The largest absolute Gasteiger partial charge is 0.508 e. The molecule has 0 saturated carbocycles. The smallest absolute Gasteiger partial charge is 0.155 e. The van der Waals surface area contributed by atoms with Crippen LogP contribution in [0.2, 0.25) is 0 Å². The van der Waals surface area contributed by atoms with Crippen LogP contribution in [0.4, 0.5) is 0 Å². The van der Waals surface area contributed by atoms with E-state index in [1.807, 2.05) is 24.3 Å². The zero-order chi connectivity index (χ0) is 12.8. The molecule has 92 valence electrons. The third kappa shape index (κ3) is 3.41. The van der Waals surface area contributed by atoms with Crippen molar-refractivity contribution in [1.82, 2.24) is 0 Å². The minimum Gasteiger partial charge on any atom is -0.508 e. The Balaban J connectivity index is 2.18. The number of aromatic hydroxyl groups is 1. The molecule has 0 aliphatic carbocycles. The maximum Gasteiger partial charge on any atom is 0.155 e. The Morgan fingerprint density at radius 1 is 1.00 bits per heavy atom. The second kappa shape index (κ2) is 6.31. The standard InChI is InChI=1S/C16H16OS/c1-2-12-18(13-14-6-4-3-5-7-14)16-10-8-15(17)9-11-16/h2-11H,1,12-13H2/p+1. The van der Waals surface area contributed by atoms with Crippen LogP contribution >= 0.6 is 0 Å². The Hall–Kier alpha value is -1.67. The van der Waals surface area contributed by atoms with Crippen molar-refractivity contribution in [1.29, 1.82) is 0 Å². The highest BCUT2D eigenvalue weighted by Crippen LogP contribution is 2.21. The molecular weight excluding hydrogens is 240 g/mol. The van der Waals surface area contributed by atoms with Crippen LogP contribution < -0.4 is 0 Å². The molecule has 0 heterocycles. The fourth-order valence-corrected chi connectivity index (χ4v) is 3.67. The second-order valence-corrected chi connectivity index (χ2v) is 6.15. The van der Waals surface area contributed by atoms with Gasteiger partial charge in [-0.1, -0.05) is 36.9 Å². The van der Waals surface area contributed by atoms with Crippen molar-refractivity contribution >= 4 is 10.9 Å². The molecule has 0 fully saturated rings. The summed E-state index contributed by atoms with van der Waals surface area (Å²) in [5.74, 6) is 2.32. The summed E-state index contributed by atoms with van der Waals surface area (Å²) in [6.07, 6.45) is 1.97. The highest BCUT2D eigenvalue weighted by Gasteiger charge is 2.20. The molecular formula is C16H17OS+. The van der Waals surface area contributed by atoms with Crippen molar-refractivity contribution in [2.45, 2.75) is 10.6 Å². The molecule has 2 aromatic rings. The van der Waals surface area contributed by atoms with Gasteiger partial charge in [0, 0.05) is 16.5 Å². The minimum absolute atomic E-state index is 0.124. The predicted molar refractivity (Wildman–Crippen MR) is 78.9 cm³/mol. The highest BCUT2D eigenvalue weighted by atomic mass is 32.2. The number of phenolic OH excluding ortho intramolecular Hbond substituents is 1. The first kappa shape index (κ1) is 12.8. The lowest BCUT2D eigenvalue weighted by molar-refractivity contribution is 0.475. The van der Waals surface area contributed by atoms with E-state index >= 15 is 0 Å². The van der Waals surface area contributed by atoms with E-state index in [9.17, 15) is 5.11 Å². The topological polar surface area (TPSA) is 20.2 Å². The first-order valence-electron chi connectivity index (χ1n) is 5.91. The van der Waals surface area contributed by atoms with Gasteiger partial charge in [-0.3, -0.25) is 0 Å². The number of hydrogen-bond acceptors (Lipinski definition) is 1. The van der Waals surface area contributed by atoms with Crippen molar-refractivity contribution in [3.63, 3.8) is 0 Å². The van der Waals surface area contributed by atoms with Gasteiger partial charge < -0.3 is 5.11 Å². The Labute approximate surface area is 111 Å². The Morgan fingerprint density at radius 3 is 2.28 bits per heavy atom. The summed E-state index contributed by atoms with van der Waals surface area (Å²) in [5, 5.41) is 9.34. The molecule has 18 heavy (non-hydrogen) atoms. The molecule has 0 amide bonds. The van der Waals surface area contributed by atoms with Gasteiger partial charge in [0.2, 0.25) is 0 Å². The fourth-order valence-electron chi connectivity index (χ4n) is 1.79. The lowest BCUT2D eigenvalue weighted by Gasteiger charge is -2.06. The van der Waals surface area contributed by atoms with Crippen LogP contribution in [-0.2, 0) is 16.6 Å². The van der Waals surface area contributed by atoms with Gasteiger partial charge in [-0.05, 0) is 30.3 Å². The van der Waals surface area contributed by atoms with E-state index in [1.54, 1.807) is 12.1 Å². The highest BCUT2D eigenvalue weighted by molar-refractivity contribution is 7.96. The summed E-state index contributed by atoms with van der Waals surface area (Å²) < 4.78 is 0. The van der Waals surface area contributed by atoms with Crippen LogP contribution in [0.5, 0.6) is 5.75 Å². The summed E-state index contributed by atoms with van der Waals surface area (Å²) in [6, 6.07) is 18.0. The molecule has 1 unspecified atom stereocenters. The molecule has 1 N–H and O–H groups in total. The van der Waals surface area contributed by atoms with Crippen molar-refractivity contribution in [3.05, 3.63) is 72.8 Å². The molecule has 2 aromatic carbocycles. The molecule has 0 radical (unpaired) electrons. The number of rotatable bonds is 5. The third-order valence-electron chi connectivity index (χ3n) is 2.67. The fraction of sp³-hybridized carbons (Fsp3) is 0.125. The molecule has 0 aliphatic heterocycles. The van der Waals surface area contributed by atoms with E-state index < -0.39 is 0 Å². The molecule has 0 aromatic heterocycles. The van der Waals surface area contributed by atoms with E-state index in [0.29, 0.717) is 5.75 Å². The molecule has 0 bridgehead atoms. The van der Waals surface area contributed by atoms with Gasteiger partial charge in [-0.25, -0.2) is 0 Å². The number of benzene rings is 2. The Kier molecular flexibility index (Phi) is 4.48. The zero-order valence-corrected chi connectivity index (χ0v) is 11.1. The average Bonchev–Trinajstić information content (AvgIpc) is 2.40. The molecule has 1 atom stereocenters. The van der Waals surface area contributed by atoms with Gasteiger partial charge in [0.15, 0.2) is 4.90 Å². The maximum atomic E-state index is 9.34. The second-order valence-electron chi connectivity index (χ2n) is 4.07. The first-order valence-corrected chi connectivity index (χ1v) is 7.47. The van der Waals surface area contributed by atoms with Gasteiger partial charge in [0.1, 0.15) is 17.3 Å². The third-order valence-corrected chi connectivity index (χ3v) is 4.93. The van der Waals surface area contributed by atoms with E-state index in [-0.39, 0.29) is 10.9 Å². The first-order chi connectivity index (χ1) is 8.79. The van der Waals surface area contributed by atoms with Crippen LogP contribution in [0.3, 0.4) is 0 Å². The summed E-state index contributed by atoms with van der Waals surface area (Å²) in [4.78, 5) is 1.27. The summed E-state index contributed by atoms with van der Waals surface area (Å²) >= 11 is 0. The SMILES string of the molecule is C=CC[S+](Cc1ccccc1)c1ccc(O)cc1. The van der Waals surface area contributed by atoms with Crippen molar-refractivity contribution in [3.8, 4) is 5.75 Å². The van der Waals surface area contributed by atoms with Crippen LogP contribution in [0.15, 0.2) is 72.1 Å². The monoisotopic (exact) mass is 257 g/mol. The van der Waals surface area contributed by atoms with E-state index in [1.165, 1.54) is 10.5 Å². The van der Waals surface area contributed by atoms with Gasteiger partial charge in [0.25, 0.3) is 0 Å². The van der Waals surface area contributed by atoms with E-state index in [2.05, 4.69) is 30.8 Å². The van der Waals surface area contributed by atoms with Crippen molar-refractivity contribution in [2.24, 2.45) is 0 Å². The normalized spacial score (nSPS) is 12.0. The number of phenols is 1. The van der Waals surface area contributed by atoms with Crippen LogP contribution in [0, 0.1) is 0 Å². The lowest BCUT2D eigenvalue weighted by Crippen LogP contribution is -2.09. The predicted octanol–water partition coefficient (Wildman–Crippen LogP) is 3.76. The Morgan fingerprint density at radius 2 is 1.67 bits per heavy atom. The molecule has 2 rings (SSSR count). The quantitative estimate of drug-likeness (QED) is 0.639. The van der Waals surface area contributed by atoms with Crippen LogP contribution in [-0.4, -0.2) is 10.9 Å². The molecule has 2 heteroatoms. The molecule has 1 nitrogen and oxygen atoms in total. The zero-order valence-electron chi connectivity index (χ0n) is 10.3. The van der Waals surface area contributed by atoms with E-state index in [0.717, 1.165) is 11.5 Å². The lowest BCUT2D eigenvalue weighted by atomic mass is 10.2. The van der Waals surface area contributed by atoms with Gasteiger partial charge >= 0.3 is 0 Å². The molecule has 0 spiro atoms. The minimum atomic E-state index is 0.124. The summed E-state index contributed by atoms with van der Waals surface area (Å²) in [5.41, 5.74) is 1.34. The molecule has 0 saturated heterocycles. The van der Waals surface area contributed by atoms with Crippen LogP contribution in [0.25, 0.3) is 0 Å². The summed E-state index contributed by atoms with van der Waals surface area (Å²) in [6.45, 7) is 3.84. The Bertz CT molecular complexity index is 490. The van der Waals surface area contributed by atoms with Gasteiger partial charge in [-0.2, -0.15) is 0 Å². The van der Waals surface area contributed by atoms with Gasteiger partial charge in [-0.15, -0.1) is 0 Å². The maximum absolute atomic E-state index is 9.34. The molecule has 0 aliphatic rings. The van der Waals surface area contributed by atoms with E-state index in [4.69, 9.17) is 0 Å². The summed E-state index contributed by atoms with van der Waals surface area (Å²) in [7, 11) is 0.124. The average molecular weight is 257 g/mol. The van der Waals surface area contributed by atoms with Gasteiger partial charge in [0.05, 0.1) is 0 Å². The van der Waals surface area contributed by atoms with Crippen molar-refractivity contribution < 1.29 is 5.11 Å².